The minimum atomic E-state index is -0.181. The van der Waals surface area contributed by atoms with Crippen molar-refractivity contribution in [1.29, 1.82) is 0 Å². The van der Waals surface area contributed by atoms with Crippen LogP contribution in [0.5, 0.6) is 11.5 Å². The monoisotopic (exact) mass is 271 g/mol. The number of phenolic OH excluding ortho intramolecular Hbond substituents is 1. The Labute approximate surface area is 118 Å². The van der Waals surface area contributed by atoms with Crippen molar-refractivity contribution >= 4 is 5.91 Å². The van der Waals surface area contributed by atoms with Crippen molar-refractivity contribution in [3.63, 3.8) is 0 Å². The first kappa shape index (κ1) is 13.9. The van der Waals surface area contributed by atoms with Crippen LogP contribution < -0.4 is 10.1 Å². The molecule has 0 radical (unpaired) electrons. The second-order valence-electron chi connectivity index (χ2n) is 4.38. The number of amides is 1. The first-order valence-corrected chi connectivity index (χ1v) is 6.40. The van der Waals surface area contributed by atoms with Crippen molar-refractivity contribution < 1.29 is 14.6 Å². The number of methoxy groups -OCH3 is 1. The number of hydrogen-bond acceptors (Lipinski definition) is 3. The Bertz CT molecular complexity index is 582. The predicted octanol–water partition coefficient (Wildman–Crippen LogP) is 2.37. The van der Waals surface area contributed by atoms with E-state index in [-0.39, 0.29) is 11.7 Å². The van der Waals surface area contributed by atoms with Gasteiger partial charge in [0.25, 0.3) is 5.91 Å². The van der Waals surface area contributed by atoms with Crippen LogP contribution in [0.1, 0.15) is 15.9 Å². The van der Waals surface area contributed by atoms with Crippen LogP contribution in [-0.2, 0) is 6.42 Å². The van der Waals surface area contributed by atoms with Gasteiger partial charge in [0.15, 0.2) is 11.5 Å². The van der Waals surface area contributed by atoms with Gasteiger partial charge in [-0.1, -0.05) is 30.3 Å². The van der Waals surface area contributed by atoms with E-state index < -0.39 is 0 Å². The molecule has 104 valence electrons. The fourth-order valence-electron chi connectivity index (χ4n) is 1.89. The molecule has 0 fully saturated rings. The van der Waals surface area contributed by atoms with Crippen molar-refractivity contribution in [2.75, 3.05) is 13.7 Å². The molecule has 0 aliphatic carbocycles. The van der Waals surface area contributed by atoms with Crippen LogP contribution in [0.4, 0.5) is 0 Å². The molecule has 2 rings (SSSR count). The van der Waals surface area contributed by atoms with Gasteiger partial charge in [-0.05, 0) is 30.2 Å². The van der Waals surface area contributed by atoms with Crippen molar-refractivity contribution in [3.8, 4) is 11.5 Å². The zero-order valence-electron chi connectivity index (χ0n) is 11.3. The summed E-state index contributed by atoms with van der Waals surface area (Å²) in [5.41, 5.74) is 1.64. The number of rotatable bonds is 5. The van der Waals surface area contributed by atoms with E-state index in [0.717, 1.165) is 6.42 Å². The van der Waals surface area contributed by atoms with Gasteiger partial charge in [-0.2, -0.15) is 0 Å². The molecule has 0 saturated heterocycles. The number of aromatic hydroxyl groups is 1. The Kier molecular flexibility index (Phi) is 4.60. The first-order valence-electron chi connectivity index (χ1n) is 6.40. The fraction of sp³-hybridized carbons (Fsp3) is 0.188. The number of benzene rings is 2. The van der Waals surface area contributed by atoms with Crippen molar-refractivity contribution in [3.05, 3.63) is 59.7 Å². The van der Waals surface area contributed by atoms with E-state index in [1.54, 1.807) is 6.07 Å². The van der Waals surface area contributed by atoms with Crippen LogP contribution >= 0.6 is 0 Å². The maximum Gasteiger partial charge on any atom is 0.251 e. The number of ether oxygens (including phenoxy) is 1. The van der Waals surface area contributed by atoms with Crippen molar-refractivity contribution in [2.45, 2.75) is 6.42 Å². The van der Waals surface area contributed by atoms with Crippen LogP contribution in [-0.4, -0.2) is 24.7 Å². The average molecular weight is 271 g/mol. The Morgan fingerprint density at radius 2 is 1.95 bits per heavy atom. The second kappa shape index (κ2) is 6.61. The number of carbonyl (C=O) groups is 1. The molecule has 0 saturated carbocycles. The summed E-state index contributed by atoms with van der Waals surface area (Å²) < 4.78 is 4.98. The lowest BCUT2D eigenvalue weighted by Gasteiger charge is -2.08. The van der Waals surface area contributed by atoms with E-state index in [1.165, 1.54) is 24.8 Å². The summed E-state index contributed by atoms with van der Waals surface area (Å²) in [6.07, 6.45) is 0.780. The molecule has 4 heteroatoms. The molecule has 2 aromatic rings. The zero-order chi connectivity index (χ0) is 14.4. The number of nitrogens with one attached hydrogen (secondary N) is 1. The van der Waals surface area contributed by atoms with E-state index >= 15 is 0 Å². The fourth-order valence-corrected chi connectivity index (χ4v) is 1.89. The Morgan fingerprint density at radius 3 is 2.65 bits per heavy atom. The van der Waals surface area contributed by atoms with Gasteiger partial charge >= 0.3 is 0 Å². The highest BCUT2D eigenvalue weighted by molar-refractivity contribution is 5.94. The Hall–Kier alpha value is -2.49. The maximum absolute atomic E-state index is 12.0. The van der Waals surface area contributed by atoms with Crippen LogP contribution in [0.15, 0.2) is 48.5 Å². The minimum absolute atomic E-state index is 0.0216. The molecular weight excluding hydrogens is 254 g/mol. The summed E-state index contributed by atoms with van der Waals surface area (Å²) in [5, 5.41) is 12.3. The second-order valence-corrected chi connectivity index (χ2v) is 4.38. The topological polar surface area (TPSA) is 58.6 Å². The molecule has 0 aliphatic heterocycles. The molecular formula is C16H17NO3. The highest BCUT2D eigenvalue weighted by Gasteiger charge is 2.09. The molecule has 0 unspecified atom stereocenters. The zero-order valence-corrected chi connectivity index (χ0v) is 11.3. The molecule has 0 aromatic heterocycles. The summed E-state index contributed by atoms with van der Waals surface area (Å²) in [6.45, 7) is 0.562. The summed E-state index contributed by atoms with van der Waals surface area (Å²) in [6, 6.07) is 14.5. The molecule has 1 amide bonds. The molecule has 0 bridgehead atoms. The predicted molar refractivity (Wildman–Crippen MR) is 77.1 cm³/mol. The third-order valence-electron chi connectivity index (χ3n) is 2.98. The van der Waals surface area contributed by atoms with E-state index in [9.17, 15) is 9.90 Å². The SMILES string of the molecule is COc1cc(C(=O)NCCc2ccccc2)ccc1O. The van der Waals surface area contributed by atoms with Gasteiger partial charge in [0, 0.05) is 12.1 Å². The average Bonchev–Trinajstić information content (AvgIpc) is 2.48. The number of phenols is 1. The molecule has 0 aliphatic rings. The van der Waals surface area contributed by atoms with Crippen LogP contribution in [0.2, 0.25) is 0 Å². The van der Waals surface area contributed by atoms with Gasteiger partial charge in [0.2, 0.25) is 0 Å². The van der Waals surface area contributed by atoms with Crippen LogP contribution in [0.25, 0.3) is 0 Å². The molecule has 20 heavy (non-hydrogen) atoms. The minimum Gasteiger partial charge on any atom is -0.504 e. The summed E-state index contributed by atoms with van der Waals surface area (Å²) >= 11 is 0. The lowest BCUT2D eigenvalue weighted by molar-refractivity contribution is 0.0954. The van der Waals surface area contributed by atoms with E-state index in [4.69, 9.17) is 4.74 Å². The van der Waals surface area contributed by atoms with Crippen molar-refractivity contribution in [1.82, 2.24) is 5.32 Å². The summed E-state index contributed by atoms with van der Waals surface area (Å²) in [7, 11) is 1.45. The lowest BCUT2D eigenvalue weighted by atomic mass is 10.1. The van der Waals surface area contributed by atoms with E-state index in [0.29, 0.717) is 17.9 Å². The molecule has 0 spiro atoms. The highest BCUT2D eigenvalue weighted by atomic mass is 16.5. The lowest BCUT2D eigenvalue weighted by Crippen LogP contribution is -2.25. The van der Waals surface area contributed by atoms with Crippen LogP contribution in [0.3, 0.4) is 0 Å². The summed E-state index contributed by atoms with van der Waals surface area (Å²) in [5.74, 6) is 0.133. The molecule has 0 atom stereocenters. The number of carbonyl (C=O) groups excluding carboxylic acids is 1. The van der Waals surface area contributed by atoms with Gasteiger partial charge < -0.3 is 15.2 Å². The van der Waals surface area contributed by atoms with E-state index in [2.05, 4.69) is 5.32 Å². The van der Waals surface area contributed by atoms with Gasteiger partial charge in [0.1, 0.15) is 0 Å². The van der Waals surface area contributed by atoms with Crippen LogP contribution in [0, 0.1) is 0 Å². The number of hydrogen-bond donors (Lipinski definition) is 2. The third kappa shape index (κ3) is 3.51. The van der Waals surface area contributed by atoms with Gasteiger partial charge in [-0.25, -0.2) is 0 Å². The van der Waals surface area contributed by atoms with Gasteiger partial charge in [-0.15, -0.1) is 0 Å². The van der Waals surface area contributed by atoms with Crippen molar-refractivity contribution in [2.24, 2.45) is 0 Å². The van der Waals surface area contributed by atoms with Gasteiger partial charge in [-0.3, -0.25) is 4.79 Å². The largest absolute Gasteiger partial charge is 0.504 e. The normalized spacial score (nSPS) is 10.1. The molecule has 4 nitrogen and oxygen atoms in total. The molecule has 0 heterocycles. The smallest absolute Gasteiger partial charge is 0.251 e. The summed E-state index contributed by atoms with van der Waals surface area (Å²) in [4.78, 5) is 12.0. The molecule has 2 aromatic carbocycles. The Morgan fingerprint density at radius 1 is 1.20 bits per heavy atom. The Balaban J connectivity index is 1.92. The standard InChI is InChI=1S/C16H17NO3/c1-20-15-11-13(7-8-14(15)18)16(19)17-10-9-12-5-3-2-4-6-12/h2-8,11,18H,9-10H2,1H3,(H,17,19). The van der Waals surface area contributed by atoms with Gasteiger partial charge in [0.05, 0.1) is 7.11 Å². The quantitative estimate of drug-likeness (QED) is 0.877. The highest BCUT2D eigenvalue weighted by Crippen LogP contribution is 2.26. The third-order valence-corrected chi connectivity index (χ3v) is 2.98. The maximum atomic E-state index is 12.0. The molecule has 2 N–H and O–H groups in total. The van der Waals surface area contributed by atoms with E-state index in [1.807, 2.05) is 30.3 Å². The first-order chi connectivity index (χ1) is 9.70.